The number of thiophene rings is 1. The van der Waals surface area contributed by atoms with E-state index in [9.17, 15) is 14.7 Å². The van der Waals surface area contributed by atoms with E-state index in [1.165, 1.54) is 17.4 Å². The molecule has 1 aliphatic rings. The van der Waals surface area contributed by atoms with E-state index in [1.54, 1.807) is 11.4 Å². The molecule has 1 aromatic rings. The first-order chi connectivity index (χ1) is 9.54. The lowest BCUT2D eigenvalue weighted by atomic mass is 9.93. The summed E-state index contributed by atoms with van der Waals surface area (Å²) in [6.45, 7) is 0. The van der Waals surface area contributed by atoms with Crippen molar-refractivity contribution in [2.24, 2.45) is 0 Å². The summed E-state index contributed by atoms with van der Waals surface area (Å²) in [6.07, 6.45) is 5.32. The van der Waals surface area contributed by atoms with E-state index in [0.29, 0.717) is 5.56 Å². The topological polar surface area (TPSA) is 86.6 Å². The molecule has 0 radical (unpaired) electrons. The Balaban J connectivity index is 1.91. The van der Waals surface area contributed by atoms with Crippen LogP contribution in [0.1, 0.15) is 40.9 Å². The standard InChI is InChI=1S/C14H17NO4S/c16-11-3-1-10(2-4-11)15-14(19)9-7-12(20-8-9)5-6-13(17)18/h5-8,10-11,16H,1-4H2,(H,15,19)(H,17,18). The van der Waals surface area contributed by atoms with Gasteiger partial charge in [0.25, 0.3) is 5.91 Å². The van der Waals surface area contributed by atoms with Crippen LogP contribution in [0.4, 0.5) is 0 Å². The normalized spacial score (nSPS) is 22.9. The van der Waals surface area contributed by atoms with Gasteiger partial charge in [-0.05, 0) is 37.8 Å². The van der Waals surface area contributed by atoms with Gasteiger partial charge in [0.05, 0.1) is 11.7 Å². The monoisotopic (exact) mass is 295 g/mol. The van der Waals surface area contributed by atoms with Crippen molar-refractivity contribution >= 4 is 29.3 Å². The summed E-state index contributed by atoms with van der Waals surface area (Å²) < 4.78 is 0. The Kier molecular flexibility index (Phi) is 4.92. The minimum Gasteiger partial charge on any atom is -0.478 e. The van der Waals surface area contributed by atoms with Crippen LogP contribution in [0.15, 0.2) is 17.5 Å². The number of carboxylic acids is 1. The van der Waals surface area contributed by atoms with Gasteiger partial charge in [-0.3, -0.25) is 4.79 Å². The van der Waals surface area contributed by atoms with Crippen molar-refractivity contribution in [3.05, 3.63) is 28.0 Å². The maximum absolute atomic E-state index is 12.0. The van der Waals surface area contributed by atoms with Gasteiger partial charge >= 0.3 is 5.97 Å². The molecule has 1 aliphatic carbocycles. The molecule has 0 spiro atoms. The third-order valence-electron chi connectivity index (χ3n) is 3.30. The molecular weight excluding hydrogens is 278 g/mol. The second-order valence-electron chi connectivity index (χ2n) is 4.89. The molecule has 1 heterocycles. The summed E-state index contributed by atoms with van der Waals surface area (Å²) in [7, 11) is 0. The number of aliphatic hydroxyl groups is 1. The van der Waals surface area contributed by atoms with Gasteiger partial charge in [-0.2, -0.15) is 0 Å². The molecule has 0 unspecified atom stereocenters. The highest BCUT2D eigenvalue weighted by Crippen LogP contribution is 2.20. The lowest BCUT2D eigenvalue weighted by Crippen LogP contribution is -2.38. The van der Waals surface area contributed by atoms with Crippen LogP contribution in [-0.4, -0.2) is 34.2 Å². The van der Waals surface area contributed by atoms with E-state index in [0.717, 1.165) is 36.6 Å². The predicted molar refractivity (Wildman–Crippen MR) is 76.7 cm³/mol. The Labute approximate surface area is 120 Å². The second kappa shape index (κ2) is 6.67. The van der Waals surface area contributed by atoms with Crippen LogP contribution in [0.3, 0.4) is 0 Å². The van der Waals surface area contributed by atoms with E-state index in [-0.39, 0.29) is 18.1 Å². The Morgan fingerprint density at radius 1 is 1.30 bits per heavy atom. The van der Waals surface area contributed by atoms with E-state index in [4.69, 9.17) is 5.11 Å². The second-order valence-corrected chi connectivity index (χ2v) is 5.83. The molecule has 0 aliphatic heterocycles. The van der Waals surface area contributed by atoms with Gasteiger partial charge in [0.2, 0.25) is 0 Å². The van der Waals surface area contributed by atoms with Crippen molar-refractivity contribution in [3.8, 4) is 0 Å². The lowest BCUT2D eigenvalue weighted by Gasteiger charge is -2.25. The molecule has 108 valence electrons. The molecular formula is C14H17NO4S. The minimum atomic E-state index is -1.01. The van der Waals surface area contributed by atoms with Crippen molar-refractivity contribution < 1.29 is 19.8 Å². The average Bonchev–Trinajstić information content (AvgIpc) is 2.88. The van der Waals surface area contributed by atoms with Crippen LogP contribution >= 0.6 is 11.3 Å². The largest absolute Gasteiger partial charge is 0.478 e. The van der Waals surface area contributed by atoms with Gasteiger partial charge in [-0.1, -0.05) is 0 Å². The van der Waals surface area contributed by atoms with Crippen LogP contribution in [0.25, 0.3) is 6.08 Å². The zero-order chi connectivity index (χ0) is 14.5. The van der Waals surface area contributed by atoms with Crippen LogP contribution in [-0.2, 0) is 4.79 Å². The summed E-state index contributed by atoms with van der Waals surface area (Å²) in [6, 6.07) is 1.79. The summed E-state index contributed by atoms with van der Waals surface area (Å²) in [5, 5.41) is 22.6. The maximum Gasteiger partial charge on any atom is 0.328 e. The van der Waals surface area contributed by atoms with E-state index < -0.39 is 5.97 Å². The zero-order valence-corrected chi connectivity index (χ0v) is 11.7. The molecule has 0 atom stereocenters. The molecule has 20 heavy (non-hydrogen) atoms. The SMILES string of the molecule is O=C(O)C=Cc1cc(C(=O)NC2CCC(O)CC2)cs1. The van der Waals surface area contributed by atoms with Gasteiger partial charge < -0.3 is 15.5 Å². The number of amides is 1. The maximum atomic E-state index is 12.0. The van der Waals surface area contributed by atoms with Gasteiger partial charge in [-0.15, -0.1) is 11.3 Å². The Morgan fingerprint density at radius 3 is 2.65 bits per heavy atom. The van der Waals surface area contributed by atoms with E-state index >= 15 is 0 Å². The molecule has 0 saturated heterocycles. The van der Waals surface area contributed by atoms with Crippen molar-refractivity contribution in [1.82, 2.24) is 5.32 Å². The Hall–Kier alpha value is -1.66. The molecule has 1 saturated carbocycles. The molecule has 0 bridgehead atoms. The summed E-state index contributed by atoms with van der Waals surface area (Å²) >= 11 is 1.33. The Morgan fingerprint density at radius 2 is 2.00 bits per heavy atom. The first kappa shape index (κ1) is 14.7. The molecule has 1 aromatic heterocycles. The highest BCUT2D eigenvalue weighted by molar-refractivity contribution is 7.11. The first-order valence-corrected chi connectivity index (χ1v) is 7.41. The van der Waals surface area contributed by atoms with E-state index in [1.807, 2.05) is 0 Å². The van der Waals surface area contributed by atoms with Gasteiger partial charge in [0, 0.05) is 22.4 Å². The molecule has 1 amide bonds. The summed E-state index contributed by atoms with van der Waals surface area (Å²) in [5.41, 5.74) is 0.547. The first-order valence-electron chi connectivity index (χ1n) is 6.53. The summed E-state index contributed by atoms with van der Waals surface area (Å²) in [5.74, 6) is -1.15. The summed E-state index contributed by atoms with van der Waals surface area (Å²) in [4.78, 5) is 23.2. The molecule has 3 N–H and O–H groups in total. The third-order valence-corrected chi connectivity index (χ3v) is 4.20. The predicted octanol–water partition coefficient (Wildman–Crippen LogP) is 1.88. The number of rotatable bonds is 4. The molecule has 6 heteroatoms. The fourth-order valence-electron chi connectivity index (χ4n) is 2.20. The van der Waals surface area contributed by atoms with Crippen LogP contribution in [0.5, 0.6) is 0 Å². The van der Waals surface area contributed by atoms with Gasteiger partial charge in [0.1, 0.15) is 0 Å². The molecule has 1 fully saturated rings. The smallest absolute Gasteiger partial charge is 0.328 e. The van der Waals surface area contributed by atoms with Crippen LogP contribution < -0.4 is 5.32 Å². The highest BCUT2D eigenvalue weighted by atomic mass is 32.1. The van der Waals surface area contributed by atoms with Crippen molar-refractivity contribution in [1.29, 1.82) is 0 Å². The van der Waals surface area contributed by atoms with Gasteiger partial charge in [0.15, 0.2) is 0 Å². The number of carbonyl (C=O) groups excluding carboxylic acids is 1. The fraction of sp³-hybridized carbons (Fsp3) is 0.429. The number of aliphatic carboxylic acids is 1. The lowest BCUT2D eigenvalue weighted by molar-refractivity contribution is -0.131. The minimum absolute atomic E-state index is 0.115. The van der Waals surface area contributed by atoms with Crippen LogP contribution in [0.2, 0.25) is 0 Å². The fourth-order valence-corrected chi connectivity index (χ4v) is 2.98. The molecule has 0 aromatic carbocycles. The Bertz CT molecular complexity index is 515. The average molecular weight is 295 g/mol. The number of carboxylic acid groups (broad SMARTS) is 1. The van der Waals surface area contributed by atoms with Crippen molar-refractivity contribution in [2.75, 3.05) is 0 Å². The van der Waals surface area contributed by atoms with Crippen molar-refractivity contribution in [3.63, 3.8) is 0 Å². The number of nitrogens with one attached hydrogen (secondary N) is 1. The van der Waals surface area contributed by atoms with E-state index in [2.05, 4.69) is 5.32 Å². The molecule has 2 rings (SSSR count). The highest BCUT2D eigenvalue weighted by Gasteiger charge is 2.21. The van der Waals surface area contributed by atoms with Crippen LogP contribution in [0, 0.1) is 0 Å². The van der Waals surface area contributed by atoms with Gasteiger partial charge in [-0.25, -0.2) is 4.79 Å². The number of hydrogen-bond acceptors (Lipinski definition) is 4. The zero-order valence-electron chi connectivity index (χ0n) is 10.9. The van der Waals surface area contributed by atoms with Crippen molar-refractivity contribution in [2.45, 2.75) is 37.8 Å². The third kappa shape index (κ3) is 4.18. The molecule has 5 nitrogen and oxygen atoms in total. The number of hydrogen-bond donors (Lipinski definition) is 3. The number of aliphatic hydroxyl groups excluding tert-OH is 1. The number of carbonyl (C=O) groups is 2. The quantitative estimate of drug-likeness (QED) is 0.740.